The molecule has 4 heterocycles. The van der Waals surface area contributed by atoms with E-state index in [1.165, 1.54) is 11.3 Å². The molecule has 0 bridgehead atoms. The van der Waals surface area contributed by atoms with Gasteiger partial charge in [0, 0.05) is 25.3 Å². The number of nitrogens with one attached hydrogen (secondary N) is 1. The molecular weight excluding hydrogens is 350 g/mol. The molecule has 3 aromatic rings. The second-order valence-corrected chi connectivity index (χ2v) is 8.36. The number of anilines is 3. The van der Waals surface area contributed by atoms with E-state index in [0.29, 0.717) is 0 Å². The van der Waals surface area contributed by atoms with Gasteiger partial charge in [-0.05, 0) is 49.3 Å². The van der Waals surface area contributed by atoms with E-state index in [-0.39, 0.29) is 5.41 Å². The van der Waals surface area contributed by atoms with Gasteiger partial charge in [0.2, 0.25) is 0 Å². The summed E-state index contributed by atoms with van der Waals surface area (Å²) in [5, 5.41) is 7.69. The Hall–Kier alpha value is -2.67. The molecule has 0 spiro atoms. The molecule has 5 rings (SSSR count). The van der Waals surface area contributed by atoms with Crippen LogP contribution in [0.3, 0.4) is 0 Å². The Bertz CT molecular complexity index is 987. The first-order chi connectivity index (χ1) is 13.7. The van der Waals surface area contributed by atoms with Gasteiger partial charge < -0.3 is 15.5 Å². The largest absolute Gasteiger partial charge is 0.355 e. The third-order valence-electron chi connectivity index (χ3n) is 6.39. The van der Waals surface area contributed by atoms with Crippen molar-refractivity contribution < 1.29 is 0 Å². The molecule has 0 atom stereocenters. The Kier molecular flexibility index (Phi) is 4.19. The monoisotopic (exact) mass is 377 g/mol. The molecule has 3 N–H and O–H groups in total. The molecule has 0 aliphatic carbocycles. The first-order valence-corrected chi connectivity index (χ1v) is 10.2. The highest BCUT2D eigenvalue weighted by atomic mass is 15.3. The number of hydrogen-bond acceptors (Lipinski definition) is 6. The fourth-order valence-electron chi connectivity index (χ4n) is 4.35. The maximum Gasteiger partial charge on any atom is 0.183 e. The van der Waals surface area contributed by atoms with Crippen LogP contribution in [-0.4, -0.2) is 46.3 Å². The van der Waals surface area contributed by atoms with Crippen LogP contribution < -0.4 is 15.5 Å². The predicted octanol–water partition coefficient (Wildman–Crippen LogP) is 3.00. The number of aryl methyl sites for hydroxylation is 1. The summed E-state index contributed by atoms with van der Waals surface area (Å²) < 4.78 is 0. The Morgan fingerprint density at radius 3 is 2.82 bits per heavy atom. The average molecular weight is 377 g/mol. The highest BCUT2D eigenvalue weighted by Crippen LogP contribution is 2.36. The van der Waals surface area contributed by atoms with E-state index < -0.39 is 0 Å². The van der Waals surface area contributed by atoms with Gasteiger partial charge in [-0.3, -0.25) is 5.10 Å². The van der Waals surface area contributed by atoms with Crippen LogP contribution in [-0.2, 0) is 6.42 Å². The van der Waals surface area contributed by atoms with Crippen molar-refractivity contribution in [3.8, 4) is 0 Å². The topological polar surface area (TPSA) is 87.0 Å². The summed E-state index contributed by atoms with van der Waals surface area (Å²) in [5.74, 6) is 1.79. The number of nitrogens with two attached hydrogens (primary N) is 1. The molecule has 2 aliphatic heterocycles. The maximum atomic E-state index is 5.94. The van der Waals surface area contributed by atoms with Gasteiger partial charge in [-0.1, -0.05) is 25.1 Å². The summed E-state index contributed by atoms with van der Waals surface area (Å²) >= 11 is 0. The number of benzene rings is 1. The minimum Gasteiger partial charge on any atom is -0.355 e. The molecule has 0 unspecified atom stereocenters. The lowest BCUT2D eigenvalue weighted by Crippen LogP contribution is -2.42. The molecule has 7 nitrogen and oxygen atoms in total. The van der Waals surface area contributed by atoms with Gasteiger partial charge in [-0.15, -0.1) is 0 Å². The fourth-order valence-corrected chi connectivity index (χ4v) is 4.35. The highest BCUT2D eigenvalue weighted by molar-refractivity contribution is 5.87. The number of hydrogen-bond donors (Lipinski definition) is 2. The molecular formula is C21H27N7. The Balaban J connectivity index is 1.44. The number of rotatable bonds is 3. The van der Waals surface area contributed by atoms with E-state index in [1.807, 2.05) is 6.20 Å². The van der Waals surface area contributed by atoms with Gasteiger partial charge in [-0.2, -0.15) is 5.10 Å². The van der Waals surface area contributed by atoms with E-state index in [2.05, 4.69) is 51.2 Å². The predicted molar refractivity (Wildman–Crippen MR) is 112 cm³/mol. The fraction of sp³-hybridized carbons (Fsp3) is 0.476. The third kappa shape index (κ3) is 2.90. The molecule has 2 aromatic heterocycles. The van der Waals surface area contributed by atoms with Crippen molar-refractivity contribution in [1.29, 1.82) is 0 Å². The van der Waals surface area contributed by atoms with Crippen molar-refractivity contribution in [2.75, 3.05) is 36.0 Å². The number of aromatic nitrogens is 4. The minimum absolute atomic E-state index is 0.247. The summed E-state index contributed by atoms with van der Waals surface area (Å²) in [6, 6.07) is 8.55. The number of piperidine rings is 1. The van der Waals surface area contributed by atoms with Crippen LogP contribution >= 0.6 is 0 Å². The van der Waals surface area contributed by atoms with Crippen molar-refractivity contribution in [3.05, 3.63) is 36.0 Å². The normalized spacial score (nSPS) is 19.1. The van der Waals surface area contributed by atoms with Gasteiger partial charge in [0.1, 0.15) is 5.82 Å². The Labute approximate surface area is 165 Å². The van der Waals surface area contributed by atoms with Crippen molar-refractivity contribution in [2.45, 2.75) is 32.6 Å². The van der Waals surface area contributed by atoms with E-state index >= 15 is 0 Å². The summed E-state index contributed by atoms with van der Waals surface area (Å²) in [4.78, 5) is 14.2. The Morgan fingerprint density at radius 1 is 1.18 bits per heavy atom. The SMILES string of the molecule is CC1(CN)CCN(c2cnc3c(N4CCCc5ccccc54)n[nH]c3n2)CC1. The molecule has 0 radical (unpaired) electrons. The van der Waals surface area contributed by atoms with Gasteiger partial charge in [0.05, 0.1) is 6.20 Å². The van der Waals surface area contributed by atoms with Gasteiger partial charge in [0.15, 0.2) is 17.0 Å². The van der Waals surface area contributed by atoms with Crippen LogP contribution in [0.4, 0.5) is 17.3 Å². The standard InChI is InChI=1S/C21H27N7/c1-21(14-22)8-11-27(12-9-21)17-13-23-18-19(24-17)25-26-20(18)28-10-4-6-15-5-2-3-7-16(15)28/h2-3,5,7,13H,4,6,8-12,14,22H2,1H3,(H,24,25,26). The number of nitrogens with zero attached hydrogens (tertiary/aromatic N) is 5. The lowest BCUT2D eigenvalue weighted by atomic mass is 9.80. The first-order valence-electron chi connectivity index (χ1n) is 10.2. The van der Waals surface area contributed by atoms with Crippen LogP contribution in [0.1, 0.15) is 31.7 Å². The van der Waals surface area contributed by atoms with E-state index in [1.54, 1.807) is 0 Å². The maximum absolute atomic E-state index is 5.94. The second kappa shape index (κ2) is 6.74. The van der Waals surface area contributed by atoms with Crippen LogP contribution in [0.25, 0.3) is 11.2 Å². The summed E-state index contributed by atoms with van der Waals surface area (Å²) in [5.41, 5.74) is 10.4. The molecule has 1 saturated heterocycles. The van der Waals surface area contributed by atoms with E-state index in [0.717, 1.165) is 74.7 Å². The number of para-hydroxylation sites is 1. The molecule has 1 aromatic carbocycles. The summed E-state index contributed by atoms with van der Waals surface area (Å²) in [6.07, 6.45) is 6.29. The van der Waals surface area contributed by atoms with Gasteiger partial charge in [-0.25, -0.2) is 9.97 Å². The third-order valence-corrected chi connectivity index (χ3v) is 6.39. The van der Waals surface area contributed by atoms with Crippen molar-refractivity contribution in [3.63, 3.8) is 0 Å². The minimum atomic E-state index is 0.247. The van der Waals surface area contributed by atoms with E-state index in [9.17, 15) is 0 Å². The molecule has 146 valence electrons. The van der Waals surface area contributed by atoms with Crippen LogP contribution in [0.15, 0.2) is 30.5 Å². The number of fused-ring (bicyclic) bond motifs is 2. The van der Waals surface area contributed by atoms with Crippen molar-refractivity contribution in [1.82, 2.24) is 20.2 Å². The Morgan fingerprint density at radius 2 is 2.00 bits per heavy atom. The molecule has 0 saturated carbocycles. The summed E-state index contributed by atoms with van der Waals surface area (Å²) in [7, 11) is 0. The second-order valence-electron chi connectivity index (χ2n) is 8.36. The van der Waals surface area contributed by atoms with E-state index in [4.69, 9.17) is 15.7 Å². The molecule has 0 amide bonds. The van der Waals surface area contributed by atoms with Gasteiger partial charge >= 0.3 is 0 Å². The van der Waals surface area contributed by atoms with Crippen LogP contribution in [0.5, 0.6) is 0 Å². The lowest BCUT2D eigenvalue weighted by molar-refractivity contribution is 0.258. The zero-order chi connectivity index (χ0) is 19.1. The van der Waals surface area contributed by atoms with Crippen LogP contribution in [0, 0.1) is 5.41 Å². The van der Waals surface area contributed by atoms with Crippen molar-refractivity contribution >= 4 is 28.5 Å². The smallest absolute Gasteiger partial charge is 0.183 e. The molecule has 28 heavy (non-hydrogen) atoms. The zero-order valence-electron chi connectivity index (χ0n) is 16.4. The number of H-pyrrole nitrogens is 1. The highest BCUT2D eigenvalue weighted by Gasteiger charge is 2.30. The average Bonchev–Trinajstić information content (AvgIpc) is 3.17. The quantitative estimate of drug-likeness (QED) is 0.730. The van der Waals surface area contributed by atoms with Crippen LogP contribution in [0.2, 0.25) is 0 Å². The molecule has 7 heteroatoms. The number of aromatic amines is 1. The zero-order valence-corrected chi connectivity index (χ0v) is 16.4. The first kappa shape index (κ1) is 17.4. The van der Waals surface area contributed by atoms with Crippen molar-refractivity contribution in [2.24, 2.45) is 11.1 Å². The lowest BCUT2D eigenvalue weighted by Gasteiger charge is -2.39. The molecule has 1 fully saturated rings. The molecule has 2 aliphatic rings. The summed E-state index contributed by atoms with van der Waals surface area (Å²) in [6.45, 7) is 5.90. The van der Waals surface area contributed by atoms with Gasteiger partial charge in [0.25, 0.3) is 0 Å².